The third kappa shape index (κ3) is 2.51. The second-order valence-corrected chi connectivity index (χ2v) is 5.84. The molecule has 0 radical (unpaired) electrons. The van der Waals surface area contributed by atoms with Gasteiger partial charge in [-0.05, 0) is 23.6 Å². The minimum absolute atomic E-state index is 0.0453. The van der Waals surface area contributed by atoms with E-state index in [-0.39, 0.29) is 4.83 Å². The molecule has 2 rings (SSSR count). The molecule has 0 saturated heterocycles. The van der Waals surface area contributed by atoms with Crippen LogP contribution in [0.2, 0.25) is 5.02 Å². The highest BCUT2D eigenvalue weighted by Crippen LogP contribution is 2.46. The summed E-state index contributed by atoms with van der Waals surface area (Å²) in [5.74, 6) is 1.56. The number of alkyl halides is 1. The summed E-state index contributed by atoms with van der Waals surface area (Å²) in [7, 11) is 3.29. The monoisotopic (exact) mass is 346 g/mol. The summed E-state index contributed by atoms with van der Waals surface area (Å²) < 4.78 is 10.8. The van der Waals surface area contributed by atoms with Crippen LogP contribution in [0.3, 0.4) is 0 Å². The zero-order valence-electron chi connectivity index (χ0n) is 9.94. The Hall–Kier alpha value is -0.710. The van der Waals surface area contributed by atoms with Crippen LogP contribution < -0.4 is 9.47 Å². The number of benzene rings is 1. The summed E-state index contributed by atoms with van der Waals surface area (Å²) in [6.07, 6.45) is 0. The largest absolute Gasteiger partial charge is 0.496 e. The lowest BCUT2D eigenvalue weighted by Crippen LogP contribution is -1.99. The molecule has 1 heterocycles. The standard InChI is InChI=1S/C13H12BrClO2S/c1-16-9-4-3-5-10(17-2)11(9)12(14)13-8(15)6-7-18-13/h3-7,12H,1-2H3. The van der Waals surface area contributed by atoms with Crippen molar-refractivity contribution in [1.82, 2.24) is 0 Å². The number of thiophene rings is 1. The molecule has 18 heavy (non-hydrogen) atoms. The average Bonchev–Trinajstić information content (AvgIpc) is 2.83. The first-order chi connectivity index (χ1) is 8.69. The van der Waals surface area contributed by atoms with E-state index >= 15 is 0 Å². The zero-order valence-corrected chi connectivity index (χ0v) is 13.1. The predicted molar refractivity (Wildman–Crippen MR) is 79.6 cm³/mol. The van der Waals surface area contributed by atoms with E-state index in [1.807, 2.05) is 29.6 Å². The molecule has 96 valence electrons. The van der Waals surface area contributed by atoms with Gasteiger partial charge < -0.3 is 9.47 Å². The number of hydrogen-bond donors (Lipinski definition) is 0. The zero-order chi connectivity index (χ0) is 13.1. The minimum atomic E-state index is -0.0453. The predicted octanol–water partition coefficient (Wildman–Crippen LogP) is 4.90. The van der Waals surface area contributed by atoms with E-state index in [1.165, 1.54) is 0 Å². The Morgan fingerprint density at radius 3 is 2.22 bits per heavy atom. The first kappa shape index (κ1) is 13.7. The van der Waals surface area contributed by atoms with Gasteiger partial charge in [-0.3, -0.25) is 0 Å². The molecule has 0 aliphatic rings. The van der Waals surface area contributed by atoms with Crippen LogP contribution >= 0.6 is 38.9 Å². The highest BCUT2D eigenvalue weighted by molar-refractivity contribution is 9.09. The Kier molecular flexibility index (Phi) is 4.54. The molecule has 0 fully saturated rings. The fourth-order valence-corrected chi connectivity index (χ4v) is 4.05. The third-order valence-corrected chi connectivity index (χ3v) is 5.24. The molecular formula is C13H12BrClO2S. The van der Waals surface area contributed by atoms with Gasteiger partial charge in [-0.2, -0.15) is 0 Å². The summed E-state index contributed by atoms with van der Waals surface area (Å²) >= 11 is 11.4. The Morgan fingerprint density at radius 2 is 1.78 bits per heavy atom. The Labute approximate surface area is 124 Å². The van der Waals surface area contributed by atoms with Crippen LogP contribution in [0.4, 0.5) is 0 Å². The highest BCUT2D eigenvalue weighted by Gasteiger charge is 2.22. The molecular weight excluding hydrogens is 336 g/mol. The second-order valence-electron chi connectivity index (χ2n) is 3.57. The van der Waals surface area contributed by atoms with Crippen molar-refractivity contribution < 1.29 is 9.47 Å². The van der Waals surface area contributed by atoms with Gasteiger partial charge >= 0.3 is 0 Å². The van der Waals surface area contributed by atoms with Crippen molar-refractivity contribution in [3.63, 3.8) is 0 Å². The summed E-state index contributed by atoms with van der Waals surface area (Å²) in [6.45, 7) is 0. The molecule has 1 atom stereocenters. The lowest BCUT2D eigenvalue weighted by Gasteiger charge is -2.17. The molecule has 0 amide bonds. The second kappa shape index (κ2) is 5.95. The molecule has 0 aliphatic heterocycles. The molecule has 2 aromatic rings. The third-order valence-electron chi connectivity index (χ3n) is 2.59. The van der Waals surface area contributed by atoms with E-state index in [4.69, 9.17) is 21.1 Å². The molecule has 1 unspecified atom stereocenters. The van der Waals surface area contributed by atoms with Crippen molar-refractivity contribution in [2.24, 2.45) is 0 Å². The number of hydrogen-bond acceptors (Lipinski definition) is 3. The molecule has 0 saturated carbocycles. The molecule has 5 heteroatoms. The van der Waals surface area contributed by atoms with E-state index in [9.17, 15) is 0 Å². The fraction of sp³-hybridized carbons (Fsp3) is 0.231. The van der Waals surface area contributed by atoms with Crippen molar-refractivity contribution in [3.05, 3.63) is 45.1 Å². The Balaban J connectivity index is 2.52. The van der Waals surface area contributed by atoms with Crippen LogP contribution in [0.5, 0.6) is 11.5 Å². The first-order valence-corrected chi connectivity index (χ1v) is 7.44. The van der Waals surface area contributed by atoms with E-state index < -0.39 is 0 Å². The molecule has 0 N–H and O–H groups in total. The lowest BCUT2D eigenvalue weighted by atomic mass is 10.1. The summed E-state index contributed by atoms with van der Waals surface area (Å²) in [4.78, 5) is 0.996. The van der Waals surface area contributed by atoms with Gasteiger partial charge in [0.15, 0.2) is 0 Å². The molecule has 0 spiro atoms. The van der Waals surface area contributed by atoms with Crippen LogP contribution in [0.1, 0.15) is 15.3 Å². The van der Waals surface area contributed by atoms with Crippen LogP contribution in [0.15, 0.2) is 29.6 Å². The molecule has 0 aliphatic carbocycles. The van der Waals surface area contributed by atoms with Crippen LogP contribution in [-0.2, 0) is 0 Å². The normalized spacial score (nSPS) is 12.2. The van der Waals surface area contributed by atoms with Crippen molar-refractivity contribution in [1.29, 1.82) is 0 Å². The van der Waals surface area contributed by atoms with E-state index in [0.717, 1.165) is 27.0 Å². The van der Waals surface area contributed by atoms with Crippen LogP contribution in [0, 0.1) is 0 Å². The van der Waals surface area contributed by atoms with E-state index in [0.29, 0.717) is 0 Å². The lowest BCUT2D eigenvalue weighted by molar-refractivity contribution is 0.387. The van der Waals surface area contributed by atoms with Gasteiger partial charge in [-0.1, -0.05) is 33.6 Å². The maximum atomic E-state index is 6.17. The van der Waals surface area contributed by atoms with Gasteiger partial charge in [0.2, 0.25) is 0 Å². The van der Waals surface area contributed by atoms with Crippen LogP contribution in [0.25, 0.3) is 0 Å². The molecule has 2 nitrogen and oxygen atoms in total. The number of methoxy groups -OCH3 is 2. The molecule has 1 aromatic carbocycles. The fourth-order valence-electron chi connectivity index (χ4n) is 1.75. The van der Waals surface area contributed by atoms with Crippen LogP contribution in [-0.4, -0.2) is 14.2 Å². The van der Waals surface area contributed by atoms with E-state index in [1.54, 1.807) is 25.6 Å². The van der Waals surface area contributed by atoms with Crippen molar-refractivity contribution in [3.8, 4) is 11.5 Å². The maximum Gasteiger partial charge on any atom is 0.127 e. The minimum Gasteiger partial charge on any atom is -0.496 e. The number of rotatable bonds is 4. The van der Waals surface area contributed by atoms with Gasteiger partial charge in [-0.15, -0.1) is 11.3 Å². The number of halogens is 2. The summed E-state index contributed by atoms with van der Waals surface area (Å²) in [5.41, 5.74) is 0.951. The van der Waals surface area contributed by atoms with Gasteiger partial charge in [0.1, 0.15) is 11.5 Å². The Morgan fingerprint density at radius 1 is 1.17 bits per heavy atom. The summed E-state index contributed by atoms with van der Waals surface area (Å²) in [6, 6.07) is 7.61. The topological polar surface area (TPSA) is 18.5 Å². The van der Waals surface area contributed by atoms with Crippen molar-refractivity contribution >= 4 is 38.9 Å². The highest BCUT2D eigenvalue weighted by atomic mass is 79.9. The van der Waals surface area contributed by atoms with Crippen molar-refractivity contribution in [2.45, 2.75) is 4.83 Å². The quantitative estimate of drug-likeness (QED) is 0.732. The smallest absolute Gasteiger partial charge is 0.127 e. The van der Waals surface area contributed by atoms with Gasteiger partial charge in [-0.25, -0.2) is 0 Å². The van der Waals surface area contributed by atoms with Gasteiger partial charge in [0.25, 0.3) is 0 Å². The van der Waals surface area contributed by atoms with Crippen molar-refractivity contribution in [2.75, 3.05) is 14.2 Å². The first-order valence-electron chi connectivity index (χ1n) is 5.27. The SMILES string of the molecule is COc1cccc(OC)c1C(Br)c1sccc1Cl. The molecule has 1 aromatic heterocycles. The van der Waals surface area contributed by atoms with Gasteiger partial charge in [0.05, 0.1) is 29.6 Å². The van der Waals surface area contributed by atoms with E-state index in [2.05, 4.69) is 15.9 Å². The molecule has 0 bridgehead atoms. The summed E-state index contributed by atoms with van der Waals surface area (Å²) in [5, 5.41) is 2.71. The maximum absolute atomic E-state index is 6.17. The average molecular weight is 348 g/mol. The Bertz CT molecular complexity index is 519. The number of ether oxygens (including phenoxy) is 2. The van der Waals surface area contributed by atoms with Gasteiger partial charge in [0, 0.05) is 4.88 Å².